The van der Waals surface area contributed by atoms with Gasteiger partial charge in [0.2, 0.25) is 0 Å². The molecule has 0 bridgehead atoms. The first-order valence-electron chi connectivity index (χ1n) is 14.3. The third kappa shape index (κ3) is 6.97. The number of likely N-dealkylation sites (tertiary alicyclic amines) is 1. The summed E-state index contributed by atoms with van der Waals surface area (Å²) in [6, 6.07) is 15.7. The minimum Gasteiger partial charge on any atom is -0.491 e. The zero-order valence-electron chi connectivity index (χ0n) is 23.5. The van der Waals surface area contributed by atoms with Gasteiger partial charge >= 0.3 is 0 Å². The van der Waals surface area contributed by atoms with Crippen LogP contribution in [0.1, 0.15) is 49.7 Å². The topological polar surface area (TPSA) is 71.4 Å². The van der Waals surface area contributed by atoms with Gasteiger partial charge in [-0.1, -0.05) is 18.2 Å². The Morgan fingerprint density at radius 3 is 2.77 bits per heavy atom. The summed E-state index contributed by atoms with van der Waals surface area (Å²) in [5.41, 5.74) is 3.30. The number of nitriles is 1. The second-order valence-electron chi connectivity index (χ2n) is 10.9. The average molecular weight is 543 g/mol. The molecule has 0 radical (unpaired) electrons. The molecule has 210 valence electrons. The van der Waals surface area contributed by atoms with E-state index in [2.05, 4.69) is 50.7 Å². The van der Waals surface area contributed by atoms with Crippen LogP contribution in [0.3, 0.4) is 0 Å². The maximum atomic E-state index is 13.7. The molecule has 0 spiro atoms. The van der Waals surface area contributed by atoms with Gasteiger partial charge in [-0.3, -0.25) is 14.7 Å². The Bertz CT molecular complexity index is 1340. The summed E-state index contributed by atoms with van der Waals surface area (Å²) in [7, 11) is 0. The highest BCUT2D eigenvalue weighted by Gasteiger charge is 2.25. The van der Waals surface area contributed by atoms with Crippen LogP contribution in [-0.2, 0) is 0 Å². The van der Waals surface area contributed by atoms with E-state index in [9.17, 15) is 9.65 Å². The molecule has 40 heavy (non-hydrogen) atoms. The molecule has 8 heteroatoms. The van der Waals surface area contributed by atoms with Gasteiger partial charge in [0.1, 0.15) is 30.1 Å². The van der Waals surface area contributed by atoms with E-state index in [1.807, 2.05) is 30.3 Å². The fraction of sp³-hybridized carbons (Fsp3) is 0.438. The molecule has 2 saturated heterocycles. The monoisotopic (exact) mass is 542 g/mol. The second-order valence-corrected chi connectivity index (χ2v) is 10.9. The highest BCUT2D eigenvalue weighted by Crippen LogP contribution is 2.32. The van der Waals surface area contributed by atoms with E-state index in [4.69, 9.17) is 4.74 Å². The Kier molecular flexibility index (Phi) is 9.27. The number of halogens is 1. The van der Waals surface area contributed by atoms with Gasteiger partial charge in [0, 0.05) is 56.9 Å². The third-order valence-corrected chi connectivity index (χ3v) is 8.02. The lowest BCUT2D eigenvalue weighted by molar-refractivity contribution is 0.0971. The lowest BCUT2D eigenvalue weighted by Gasteiger charge is -2.36. The van der Waals surface area contributed by atoms with Crippen LogP contribution in [0.5, 0.6) is 5.75 Å². The molecular weight excluding hydrogens is 503 g/mol. The van der Waals surface area contributed by atoms with Crippen LogP contribution in [0.2, 0.25) is 0 Å². The molecule has 1 aromatic heterocycles. The van der Waals surface area contributed by atoms with Crippen LogP contribution in [0.15, 0.2) is 54.7 Å². The standard InChI is InChI=1S/C32H39FN6O/c1-24(2)38-16-14-37(15-17-38)18-19-40-31-11-10-25(20-27(31)22-34)29-23-35-32(36-29)9-5-13-39-12-4-8-30(39)26-6-3-7-28(33)21-26/h3,5-7,9-11,20-21,23-24,30H,4,8,12-19H2,1-2H3,(H,35,36)/b9-5-. The van der Waals surface area contributed by atoms with Crippen molar-refractivity contribution in [3.63, 3.8) is 0 Å². The first-order chi connectivity index (χ1) is 19.5. The van der Waals surface area contributed by atoms with Crippen LogP contribution < -0.4 is 4.74 Å². The van der Waals surface area contributed by atoms with Crippen molar-refractivity contribution in [2.75, 3.05) is 52.4 Å². The Morgan fingerprint density at radius 1 is 1.15 bits per heavy atom. The number of aromatic amines is 1. The Balaban J connectivity index is 1.14. The third-order valence-electron chi connectivity index (χ3n) is 8.02. The smallest absolute Gasteiger partial charge is 0.137 e. The molecular formula is C32H39FN6O. The molecule has 2 fully saturated rings. The number of hydrogen-bond donors (Lipinski definition) is 1. The van der Waals surface area contributed by atoms with Crippen LogP contribution >= 0.6 is 0 Å². The van der Waals surface area contributed by atoms with E-state index in [0.717, 1.165) is 81.3 Å². The quantitative estimate of drug-likeness (QED) is 0.373. The maximum absolute atomic E-state index is 13.7. The number of nitrogens with zero attached hydrogens (tertiary/aromatic N) is 5. The highest BCUT2D eigenvalue weighted by molar-refractivity contribution is 5.65. The van der Waals surface area contributed by atoms with Crippen molar-refractivity contribution in [2.24, 2.45) is 0 Å². The van der Waals surface area contributed by atoms with Gasteiger partial charge in [0.15, 0.2) is 0 Å². The first kappa shape index (κ1) is 28.0. The molecule has 1 unspecified atom stereocenters. The van der Waals surface area contributed by atoms with E-state index >= 15 is 0 Å². The lowest BCUT2D eigenvalue weighted by atomic mass is 10.0. The van der Waals surface area contributed by atoms with Crippen molar-refractivity contribution >= 4 is 6.08 Å². The first-order valence-corrected chi connectivity index (χ1v) is 14.3. The minimum atomic E-state index is -0.182. The van der Waals surface area contributed by atoms with Gasteiger partial charge in [-0.25, -0.2) is 9.37 Å². The van der Waals surface area contributed by atoms with Gasteiger partial charge in [0.05, 0.1) is 17.5 Å². The SMILES string of the molecule is CC(C)N1CCN(CCOc2ccc(-c3cnc(/C=C\CN4CCCC4c4cccc(F)c4)[nH]3)cc2C#N)CC1. The van der Waals surface area contributed by atoms with Gasteiger partial charge in [-0.2, -0.15) is 5.26 Å². The zero-order chi connectivity index (χ0) is 27.9. The van der Waals surface area contributed by atoms with Crippen molar-refractivity contribution in [1.29, 1.82) is 5.26 Å². The van der Waals surface area contributed by atoms with E-state index < -0.39 is 0 Å². The Labute approximate surface area is 236 Å². The second kappa shape index (κ2) is 13.2. The molecule has 0 saturated carbocycles. The average Bonchev–Trinajstić information content (AvgIpc) is 3.64. The molecule has 1 atom stereocenters. The number of nitrogens with one attached hydrogen (secondary N) is 1. The van der Waals surface area contributed by atoms with Crippen molar-refractivity contribution in [1.82, 2.24) is 24.7 Å². The Hall–Kier alpha value is -3.51. The van der Waals surface area contributed by atoms with Crippen LogP contribution in [0, 0.1) is 17.1 Å². The van der Waals surface area contributed by atoms with E-state index in [0.29, 0.717) is 24.0 Å². The number of hydrogen-bond acceptors (Lipinski definition) is 6. The number of ether oxygens (including phenoxy) is 1. The van der Waals surface area contributed by atoms with Gasteiger partial charge in [0.25, 0.3) is 0 Å². The zero-order valence-corrected chi connectivity index (χ0v) is 23.5. The maximum Gasteiger partial charge on any atom is 0.137 e. The summed E-state index contributed by atoms with van der Waals surface area (Å²) in [6.45, 7) is 11.9. The predicted molar refractivity (Wildman–Crippen MR) is 156 cm³/mol. The number of benzene rings is 2. The van der Waals surface area contributed by atoms with E-state index in [-0.39, 0.29) is 11.9 Å². The van der Waals surface area contributed by atoms with Crippen LogP contribution in [0.25, 0.3) is 17.3 Å². The number of aromatic nitrogens is 2. The van der Waals surface area contributed by atoms with E-state index in [1.54, 1.807) is 18.3 Å². The molecule has 2 aromatic carbocycles. The largest absolute Gasteiger partial charge is 0.491 e. The molecule has 2 aliphatic rings. The summed E-state index contributed by atoms with van der Waals surface area (Å²) in [5, 5.41) is 9.75. The highest BCUT2D eigenvalue weighted by atomic mass is 19.1. The normalized spacial score (nSPS) is 19.0. The number of imidazole rings is 1. The molecule has 2 aliphatic heterocycles. The van der Waals surface area contributed by atoms with Crippen LogP contribution in [0.4, 0.5) is 4.39 Å². The number of piperazine rings is 1. The summed E-state index contributed by atoms with van der Waals surface area (Å²) in [4.78, 5) is 15.1. The van der Waals surface area contributed by atoms with E-state index in [1.165, 1.54) is 6.07 Å². The molecule has 0 aliphatic carbocycles. The van der Waals surface area contributed by atoms with Gasteiger partial charge in [-0.05, 0) is 75.2 Å². The predicted octanol–water partition coefficient (Wildman–Crippen LogP) is 5.34. The molecule has 3 heterocycles. The van der Waals surface area contributed by atoms with Gasteiger partial charge in [-0.15, -0.1) is 0 Å². The van der Waals surface area contributed by atoms with Crippen LogP contribution in [-0.4, -0.2) is 83.1 Å². The molecule has 1 N–H and O–H groups in total. The minimum absolute atomic E-state index is 0.182. The Morgan fingerprint density at radius 2 is 2.00 bits per heavy atom. The van der Waals surface area contributed by atoms with Crippen molar-refractivity contribution in [2.45, 2.75) is 38.8 Å². The summed E-state index contributed by atoms with van der Waals surface area (Å²) in [6.07, 6.45) is 8.02. The van der Waals surface area contributed by atoms with Crippen molar-refractivity contribution < 1.29 is 9.13 Å². The molecule has 0 amide bonds. The summed E-state index contributed by atoms with van der Waals surface area (Å²) >= 11 is 0. The fourth-order valence-corrected chi connectivity index (χ4v) is 5.70. The van der Waals surface area contributed by atoms with Crippen molar-refractivity contribution in [3.8, 4) is 23.1 Å². The summed E-state index contributed by atoms with van der Waals surface area (Å²) < 4.78 is 19.7. The molecule has 5 rings (SSSR count). The lowest BCUT2D eigenvalue weighted by Crippen LogP contribution is -2.49. The molecule has 7 nitrogen and oxygen atoms in total. The molecule has 3 aromatic rings. The summed E-state index contributed by atoms with van der Waals surface area (Å²) in [5.74, 6) is 1.19. The number of rotatable bonds is 10. The van der Waals surface area contributed by atoms with Gasteiger partial charge < -0.3 is 9.72 Å². The van der Waals surface area contributed by atoms with Crippen molar-refractivity contribution in [3.05, 3.63) is 77.5 Å². The number of H-pyrrole nitrogens is 1. The fourth-order valence-electron chi connectivity index (χ4n) is 5.70.